The number of benzene rings is 2. The van der Waals surface area contributed by atoms with Crippen molar-refractivity contribution in [1.82, 2.24) is 10.6 Å². The van der Waals surface area contributed by atoms with Gasteiger partial charge in [0.15, 0.2) is 5.11 Å². The number of amides is 2. The molecule has 8 heteroatoms. The molecule has 0 saturated carbocycles. The van der Waals surface area contributed by atoms with E-state index in [1.165, 1.54) is 11.3 Å². The number of hydrogen-bond acceptors (Lipinski definition) is 4. The Morgan fingerprint density at radius 3 is 2.52 bits per heavy atom. The van der Waals surface area contributed by atoms with E-state index in [4.69, 9.17) is 23.8 Å². The second kappa shape index (κ2) is 8.47. The molecule has 2 aromatic carbocycles. The van der Waals surface area contributed by atoms with E-state index in [9.17, 15) is 9.59 Å². The number of carbonyl (C=O) groups excluding carboxylic acids is 2. The zero-order chi connectivity index (χ0) is 19.4. The lowest BCUT2D eigenvalue weighted by Crippen LogP contribution is -2.34. The molecule has 0 aliphatic rings. The molecule has 5 nitrogen and oxygen atoms in total. The standard InChI is InChI=1S/C19H16ClN3O2S2/c1-2-21-17(24)11-7-3-5-9-13(11)22-19(26)23-18(25)16-15(20)12-8-4-6-10-14(12)27-16/h3-10H,2H2,1H3,(H,21,24)(H2,22,23,25,26). The van der Waals surface area contributed by atoms with Crippen molar-refractivity contribution in [2.24, 2.45) is 0 Å². The Bertz CT molecular complexity index is 1030. The van der Waals surface area contributed by atoms with Gasteiger partial charge >= 0.3 is 0 Å². The molecule has 3 rings (SSSR count). The zero-order valence-electron chi connectivity index (χ0n) is 14.3. The van der Waals surface area contributed by atoms with Gasteiger partial charge in [0.1, 0.15) is 4.88 Å². The number of para-hydroxylation sites is 1. The fourth-order valence-electron chi connectivity index (χ4n) is 2.52. The van der Waals surface area contributed by atoms with Gasteiger partial charge in [0.05, 0.1) is 16.3 Å². The molecule has 1 aromatic heterocycles. The fourth-order valence-corrected chi connectivity index (χ4v) is 4.13. The zero-order valence-corrected chi connectivity index (χ0v) is 16.7. The number of anilines is 1. The SMILES string of the molecule is CCNC(=O)c1ccccc1NC(=S)NC(=O)c1sc2ccccc2c1Cl. The van der Waals surface area contributed by atoms with Gasteiger partial charge in [-0.2, -0.15) is 0 Å². The smallest absolute Gasteiger partial charge is 0.269 e. The highest BCUT2D eigenvalue weighted by Gasteiger charge is 2.18. The van der Waals surface area contributed by atoms with Gasteiger partial charge in [-0.25, -0.2) is 0 Å². The van der Waals surface area contributed by atoms with Gasteiger partial charge in [0.25, 0.3) is 11.8 Å². The Morgan fingerprint density at radius 1 is 1.07 bits per heavy atom. The Balaban J connectivity index is 1.75. The lowest BCUT2D eigenvalue weighted by atomic mass is 10.1. The maximum Gasteiger partial charge on any atom is 0.269 e. The Hall–Kier alpha value is -2.48. The Labute approximate surface area is 170 Å². The number of rotatable bonds is 4. The first-order chi connectivity index (χ1) is 13.0. The lowest BCUT2D eigenvalue weighted by Gasteiger charge is -2.13. The maximum atomic E-state index is 12.6. The van der Waals surface area contributed by atoms with Crippen LogP contribution in [0.15, 0.2) is 48.5 Å². The molecule has 0 saturated heterocycles. The van der Waals surface area contributed by atoms with Gasteiger partial charge in [0.2, 0.25) is 0 Å². The van der Waals surface area contributed by atoms with Crippen LogP contribution in [-0.2, 0) is 0 Å². The fraction of sp³-hybridized carbons (Fsp3) is 0.105. The number of carbonyl (C=O) groups is 2. The van der Waals surface area contributed by atoms with Crippen LogP contribution in [0.5, 0.6) is 0 Å². The summed E-state index contributed by atoms with van der Waals surface area (Å²) in [6.07, 6.45) is 0. The second-order valence-electron chi connectivity index (χ2n) is 5.55. The van der Waals surface area contributed by atoms with Crippen LogP contribution in [-0.4, -0.2) is 23.5 Å². The minimum absolute atomic E-state index is 0.0882. The van der Waals surface area contributed by atoms with Crippen molar-refractivity contribution in [1.29, 1.82) is 0 Å². The van der Waals surface area contributed by atoms with Crippen molar-refractivity contribution < 1.29 is 9.59 Å². The molecule has 0 aliphatic carbocycles. The molecule has 3 aromatic rings. The number of thiophene rings is 1. The molecule has 0 bridgehead atoms. The normalized spacial score (nSPS) is 10.4. The average Bonchev–Trinajstić information content (AvgIpc) is 2.99. The summed E-state index contributed by atoms with van der Waals surface area (Å²) in [5.74, 6) is -0.614. The minimum Gasteiger partial charge on any atom is -0.352 e. The first-order valence-corrected chi connectivity index (χ1v) is 9.78. The van der Waals surface area contributed by atoms with Crippen LogP contribution in [0.3, 0.4) is 0 Å². The number of fused-ring (bicyclic) bond motifs is 1. The van der Waals surface area contributed by atoms with E-state index < -0.39 is 5.91 Å². The first kappa shape index (κ1) is 19.3. The van der Waals surface area contributed by atoms with Crippen LogP contribution in [0.25, 0.3) is 10.1 Å². The van der Waals surface area contributed by atoms with Crippen molar-refractivity contribution in [3.8, 4) is 0 Å². The predicted molar refractivity (Wildman–Crippen MR) is 115 cm³/mol. The molecule has 0 spiro atoms. The van der Waals surface area contributed by atoms with Gasteiger partial charge < -0.3 is 10.6 Å². The molecule has 27 heavy (non-hydrogen) atoms. The largest absolute Gasteiger partial charge is 0.352 e. The summed E-state index contributed by atoms with van der Waals surface area (Å²) in [4.78, 5) is 25.1. The van der Waals surface area contributed by atoms with Crippen LogP contribution in [0.2, 0.25) is 5.02 Å². The molecule has 0 aliphatic heterocycles. The van der Waals surface area contributed by atoms with Crippen molar-refractivity contribution >= 4 is 67.9 Å². The van der Waals surface area contributed by atoms with E-state index in [1.807, 2.05) is 31.2 Å². The summed E-state index contributed by atoms with van der Waals surface area (Å²) in [5, 5.41) is 9.58. The molecule has 0 unspecified atom stereocenters. The summed E-state index contributed by atoms with van der Waals surface area (Å²) < 4.78 is 0.924. The van der Waals surface area contributed by atoms with Gasteiger partial charge in [-0.15, -0.1) is 11.3 Å². The van der Waals surface area contributed by atoms with E-state index in [0.717, 1.165) is 10.1 Å². The maximum absolute atomic E-state index is 12.6. The van der Waals surface area contributed by atoms with Crippen molar-refractivity contribution in [2.45, 2.75) is 6.92 Å². The third-order valence-electron chi connectivity index (χ3n) is 3.73. The number of halogens is 1. The van der Waals surface area contributed by atoms with Crippen molar-refractivity contribution in [3.05, 3.63) is 64.0 Å². The third kappa shape index (κ3) is 4.27. The van der Waals surface area contributed by atoms with Gasteiger partial charge in [-0.05, 0) is 37.3 Å². The van der Waals surface area contributed by atoms with E-state index >= 15 is 0 Å². The van der Waals surface area contributed by atoms with Crippen molar-refractivity contribution in [3.63, 3.8) is 0 Å². The number of thiocarbonyl (C=S) groups is 1. The van der Waals surface area contributed by atoms with Crippen LogP contribution in [0.4, 0.5) is 5.69 Å². The molecular formula is C19H16ClN3O2S2. The molecule has 0 radical (unpaired) electrons. The lowest BCUT2D eigenvalue weighted by molar-refractivity contribution is 0.0954. The molecule has 3 N–H and O–H groups in total. The monoisotopic (exact) mass is 417 g/mol. The van der Waals surface area contributed by atoms with E-state index in [-0.39, 0.29) is 11.0 Å². The highest BCUT2D eigenvalue weighted by molar-refractivity contribution is 7.80. The summed E-state index contributed by atoms with van der Waals surface area (Å²) in [6, 6.07) is 14.5. The van der Waals surface area contributed by atoms with E-state index in [1.54, 1.807) is 24.3 Å². The number of nitrogens with one attached hydrogen (secondary N) is 3. The summed E-state index contributed by atoms with van der Waals surface area (Å²) in [5.41, 5.74) is 0.951. The quantitative estimate of drug-likeness (QED) is 0.549. The third-order valence-corrected chi connectivity index (χ3v) is 5.60. The van der Waals surface area contributed by atoms with Crippen molar-refractivity contribution in [2.75, 3.05) is 11.9 Å². The molecular weight excluding hydrogens is 402 g/mol. The summed E-state index contributed by atoms with van der Waals surface area (Å²) in [6.45, 7) is 2.35. The summed E-state index contributed by atoms with van der Waals surface area (Å²) >= 11 is 12.9. The van der Waals surface area contributed by atoms with Crippen LogP contribution < -0.4 is 16.0 Å². The molecule has 2 amide bonds. The second-order valence-corrected chi connectivity index (χ2v) is 7.39. The number of hydrogen-bond donors (Lipinski definition) is 3. The van der Waals surface area contributed by atoms with E-state index in [0.29, 0.717) is 27.7 Å². The Kier molecular flexibility index (Phi) is 6.05. The molecule has 0 atom stereocenters. The highest BCUT2D eigenvalue weighted by atomic mass is 35.5. The molecule has 0 fully saturated rings. The molecule has 1 heterocycles. The Morgan fingerprint density at radius 2 is 1.78 bits per heavy atom. The van der Waals surface area contributed by atoms with Crippen LogP contribution in [0.1, 0.15) is 27.0 Å². The van der Waals surface area contributed by atoms with Crippen LogP contribution >= 0.6 is 35.2 Å². The predicted octanol–water partition coefficient (Wildman–Crippen LogP) is 4.43. The van der Waals surface area contributed by atoms with Gasteiger partial charge in [-0.3, -0.25) is 14.9 Å². The summed E-state index contributed by atoms with van der Waals surface area (Å²) in [7, 11) is 0. The first-order valence-electron chi connectivity index (χ1n) is 8.17. The average molecular weight is 418 g/mol. The molecule has 138 valence electrons. The van der Waals surface area contributed by atoms with E-state index in [2.05, 4.69) is 16.0 Å². The van der Waals surface area contributed by atoms with Gasteiger partial charge in [0, 0.05) is 16.6 Å². The topological polar surface area (TPSA) is 70.2 Å². The highest BCUT2D eigenvalue weighted by Crippen LogP contribution is 2.34. The van der Waals surface area contributed by atoms with Gasteiger partial charge in [-0.1, -0.05) is 41.9 Å². The van der Waals surface area contributed by atoms with Crippen LogP contribution in [0, 0.1) is 0 Å². The minimum atomic E-state index is -0.394.